The van der Waals surface area contributed by atoms with Crippen molar-refractivity contribution >= 4 is 34.4 Å². The molecule has 2 aliphatic heterocycles. The molecule has 2 N–H and O–H groups in total. The monoisotopic (exact) mass is 663 g/mol. The quantitative estimate of drug-likeness (QED) is 0.278. The van der Waals surface area contributed by atoms with Crippen molar-refractivity contribution in [1.29, 1.82) is 0 Å². The fourth-order valence-corrected chi connectivity index (χ4v) is 6.03. The number of aliphatic hydroxyl groups excluding tert-OH is 1. The first-order valence-electron chi connectivity index (χ1n) is 15.3. The van der Waals surface area contributed by atoms with E-state index in [1.165, 1.54) is 49.9 Å². The fraction of sp³-hybridized carbons (Fsp3) is 0.364. The molecule has 2 aromatic carbocycles. The highest BCUT2D eigenvalue weighted by Gasteiger charge is 2.40. The Balaban J connectivity index is 1.52. The van der Waals surface area contributed by atoms with Crippen LogP contribution in [0.5, 0.6) is 11.5 Å². The summed E-state index contributed by atoms with van der Waals surface area (Å²) in [7, 11) is 1.61. The van der Waals surface area contributed by atoms with Gasteiger partial charge in [-0.3, -0.25) is 14.5 Å². The molecule has 0 radical (unpaired) electrons. The van der Waals surface area contributed by atoms with E-state index in [9.17, 15) is 19.8 Å². The van der Waals surface area contributed by atoms with Crippen molar-refractivity contribution in [3.63, 3.8) is 0 Å². The summed E-state index contributed by atoms with van der Waals surface area (Å²) in [5.41, 5.74) is 1.02. The van der Waals surface area contributed by atoms with Crippen LogP contribution in [-0.4, -0.2) is 72.1 Å². The minimum absolute atomic E-state index is 0.122. The topological polar surface area (TPSA) is 138 Å². The van der Waals surface area contributed by atoms with Gasteiger partial charge in [-0.1, -0.05) is 0 Å². The second kappa shape index (κ2) is 12.0. The second-order valence-corrected chi connectivity index (χ2v) is 12.6. The summed E-state index contributed by atoms with van der Waals surface area (Å²) in [6.07, 6.45) is 3.98. The number of halogens is 2. The third-order valence-electron chi connectivity index (χ3n) is 8.20. The molecule has 0 aliphatic carbocycles. The number of hydrogen-bond acceptors (Lipinski definition) is 10. The Morgan fingerprint density at radius 1 is 1.15 bits per heavy atom. The number of carbonyl (C=O) groups is 1. The molecule has 4 heterocycles. The largest absolute Gasteiger partial charge is 0.506 e. The standard InChI is InChI=1S/C33H35F2N7O6/c1-18-13-20(14-25(28(18)34)47-12-11-43)42-31(27-19(2)39(8-7-22(27)37-42)32(46)48-33(3,4)5)41-10-9-40(26(41)17-44)30-24(45)15-23-21(29(30)35)16-36-38(23)6/h9-10,13-16,19,43,45H,7-8,11-12H2,1-6H3/t19-/m0/s1. The first-order chi connectivity index (χ1) is 22.7. The Morgan fingerprint density at radius 3 is 2.56 bits per heavy atom. The number of aryl methyl sites for hydroxylation is 2. The third-order valence-corrected chi connectivity index (χ3v) is 8.20. The van der Waals surface area contributed by atoms with E-state index >= 15 is 8.78 Å². The van der Waals surface area contributed by atoms with E-state index in [0.717, 1.165) is 0 Å². The Hall–Kier alpha value is -5.40. The smallest absolute Gasteiger partial charge is 0.410 e. The Kier molecular flexibility index (Phi) is 8.13. The van der Waals surface area contributed by atoms with Crippen LogP contribution in [0.15, 0.2) is 42.6 Å². The number of aliphatic hydroxyl groups is 1. The summed E-state index contributed by atoms with van der Waals surface area (Å²) >= 11 is 0. The van der Waals surface area contributed by atoms with Gasteiger partial charge in [0, 0.05) is 50.1 Å². The second-order valence-electron chi connectivity index (χ2n) is 12.6. The lowest BCUT2D eigenvalue weighted by atomic mass is 9.99. The van der Waals surface area contributed by atoms with Gasteiger partial charge in [-0.25, -0.2) is 23.1 Å². The van der Waals surface area contributed by atoms with Gasteiger partial charge in [-0.05, 0) is 46.2 Å². The maximum Gasteiger partial charge on any atom is 0.410 e. The molecule has 252 valence electrons. The van der Waals surface area contributed by atoms with Crippen molar-refractivity contribution in [2.24, 2.45) is 7.05 Å². The van der Waals surface area contributed by atoms with Gasteiger partial charge in [0.2, 0.25) is 5.82 Å². The van der Waals surface area contributed by atoms with Crippen molar-refractivity contribution in [3.05, 3.63) is 71.1 Å². The molecule has 1 amide bonds. The number of nitrogens with zero attached hydrogens (tertiary/aromatic N) is 7. The number of benzene rings is 2. The van der Waals surface area contributed by atoms with Crippen molar-refractivity contribution in [2.45, 2.75) is 52.7 Å². The molecule has 0 spiro atoms. The molecule has 15 heteroatoms. The highest BCUT2D eigenvalue weighted by Crippen LogP contribution is 2.45. The summed E-state index contributed by atoms with van der Waals surface area (Å²) in [6, 6.07) is 3.69. The van der Waals surface area contributed by atoms with Crippen LogP contribution in [0.25, 0.3) is 16.6 Å². The Labute approximate surface area is 274 Å². The number of phenolic OH excluding ortho intramolecular Hbond substituents is 1. The van der Waals surface area contributed by atoms with Crippen LogP contribution < -0.4 is 14.5 Å². The molecule has 2 aliphatic rings. The van der Waals surface area contributed by atoms with Crippen LogP contribution >= 0.6 is 0 Å². The number of fused-ring (bicyclic) bond motifs is 2. The van der Waals surface area contributed by atoms with Crippen LogP contribution in [0.4, 0.5) is 25.1 Å². The average molecular weight is 664 g/mol. The number of aromatic hydroxyl groups is 1. The molecule has 0 bridgehead atoms. The average Bonchev–Trinajstić information content (AvgIpc) is 3.72. The van der Waals surface area contributed by atoms with Crippen LogP contribution in [0.2, 0.25) is 0 Å². The third kappa shape index (κ3) is 5.40. The van der Waals surface area contributed by atoms with Gasteiger partial charge < -0.3 is 24.6 Å². The van der Waals surface area contributed by atoms with Crippen molar-refractivity contribution in [3.8, 4) is 17.2 Å². The number of anilines is 2. The zero-order valence-electron chi connectivity index (χ0n) is 27.3. The molecule has 0 unspecified atom stereocenters. The van der Waals surface area contributed by atoms with E-state index in [1.807, 2.05) is 5.94 Å². The Bertz CT molecular complexity index is 2020. The van der Waals surface area contributed by atoms with E-state index in [4.69, 9.17) is 14.6 Å². The maximum atomic E-state index is 16.0. The number of aromatic nitrogens is 4. The highest BCUT2D eigenvalue weighted by molar-refractivity contribution is 5.90. The van der Waals surface area contributed by atoms with Crippen LogP contribution in [0.1, 0.15) is 50.6 Å². The van der Waals surface area contributed by atoms with Crippen LogP contribution in [0, 0.1) is 18.6 Å². The molecule has 0 saturated carbocycles. The maximum absolute atomic E-state index is 16.0. The van der Waals surface area contributed by atoms with Crippen molar-refractivity contribution in [1.82, 2.24) is 24.5 Å². The lowest BCUT2D eigenvalue weighted by molar-refractivity contribution is 0.0160. The Morgan fingerprint density at radius 2 is 1.88 bits per heavy atom. The predicted molar refractivity (Wildman–Crippen MR) is 172 cm³/mol. The molecule has 48 heavy (non-hydrogen) atoms. The number of rotatable bonds is 6. The van der Waals surface area contributed by atoms with Gasteiger partial charge in [0.15, 0.2) is 23.3 Å². The van der Waals surface area contributed by atoms with Gasteiger partial charge in [-0.2, -0.15) is 10.2 Å². The van der Waals surface area contributed by atoms with Gasteiger partial charge >= 0.3 is 6.09 Å². The highest BCUT2D eigenvalue weighted by atomic mass is 19.1. The molecule has 2 aromatic heterocycles. The first-order valence-corrected chi connectivity index (χ1v) is 15.3. The molecular weight excluding hydrogens is 628 g/mol. The minimum atomic E-state index is -0.808. The number of amides is 1. The van der Waals surface area contributed by atoms with E-state index in [2.05, 4.69) is 5.10 Å². The lowest BCUT2D eigenvalue weighted by Gasteiger charge is -2.35. The zero-order valence-corrected chi connectivity index (χ0v) is 27.3. The molecule has 13 nitrogen and oxygen atoms in total. The fourth-order valence-electron chi connectivity index (χ4n) is 6.03. The first kappa shape index (κ1) is 32.5. The van der Waals surface area contributed by atoms with E-state index in [-0.39, 0.29) is 53.8 Å². The molecule has 1 atom stereocenters. The normalized spacial score (nSPS) is 16.1. The summed E-state index contributed by atoms with van der Waals surface area (Å²) in [5.74, 6) is -0.0401. The number of hydrogen-bond donors (Lipinski definition) is 2. The summed E-state index contributed by atoms with van der Waals surface area (Å²) in [4.78, 5) is 30.2. The number of ether oxygens (including phenoxy) is 2. The lowest BCUT2D eigenvalue weighted by Crippen LogP contribution is -2.42. The molecule has 4 aromatic rings. The van der Waals surface area contributed by atoms with Crippen LogP contribution in [-0.2, 0) is 23.0 Å². The summed E-state index contributed by atoms with van der Waals surface area (Å²) < 4.78 is 45.1. The predicted octanol–water partition coefficient (Wildman–Crippen LogP) is 4.75. The van der Waals surface area contributed by atoms with Gasteiger partial charge in [0.25, 0.3) is 0 Å². The van der Waals surface area contributed by atoms with Gasteiger partial charge in [0.1, 0.15) is 29.5 Å². The van der Waals surface area contributed by atoms with Crippen molar-refractivity contribution < 1.29 is 38.1 Å². The molecule has 0 saturated heterocycles. The van der Waals surface area contributed by atoms with Crippen molar-refractivity contribution in [2.75, 3.05) is 29.6 Å². The van der Waals surface area contributed by atoms with E-state index < -0.39 is 35.1 Å². The molecule has 6 rings (SSSR count). The molecular formula is C33H35F2N7O6. The van der Waals surface area contributed by atoms with Gasteiger partial charge in [-0.15, -0.1) is 0 Å². The molecule has 0 fully saturated rings. The van der Waals surface area contributed by atoms with E-state index in [0.29, 0.717) is 28.9 Å². The zero-order chi connectivity index (χ0) is 34.7. The number of carbonyl (C=O) groups excluding carboxylic acids is 2. The minimum Gasteiger partial charge on any atom is -0.506 e. The summed E-state index contributed by atoms with van der Waals surface area (Å²) in [6.45, 7) is 8.45. The van der Waals surface area contributed by atoms with E-state index in [1.54, 1.807) is 52.6 Å². The van der Waals surface area contributed by atoms with Gasteiger partial charge in [0.05, 0.1) is 41.1 Å². The number of phenols is 1. The van der Waals surface area contributed by atoms with Crippen LogP contribution in [0.3, 0.4) is 0 Å². The summed E-state index contributed by atoms with van der Waals surface area (Å²) in [5, 5.41) is 29.3. The SMILES string of the molecule is Cc1cc(-n2nc3c(c2N2C=CN(c4c(O)cc5c(cnn5C)c4F)C2=C=O)[C@H](C)N(C(=O)OC(C)(C)C)CC3)cc(OCCO)c1F.